The van der Waals surface area contributed by atoms with E-state index in [1.54, 1.807) is 24.1 Å². The Morgan fingerprint density at radius 1 is 1.44 bits per heavy atom. The van der Waals surface area contributed by atoms with Crippen LogP contribution >= 0.6 is 11.6 Å². The van der Waals surface area contributed by atoms with Crippen molar-refractivity contribution in [2.24, 2.45) is 5.73 Å². The maximum absolute atomic E-state index is 11.8. The predicted octanol–water partition coefficient (Wildman–Crippen LogP) is 1.69. The summed E-state index contributed by atoms with van der Waals surface area (Å²) in [5, 5.41) is 0.680. The molecule has 1 amide bonds. The average molecular weight is 241 g/mol. The summed E-state index contributed by atoms with van der Waals surface area (Å²) in [7, 11) is 1.77. The molecular formula is C12H17ClN2O. The normalized spacial score (nSPS) is 12.2. The van der Waals surface area contributed by atoms with Crippen LogP contribution in [0.5, 0.6) is 0 Å². The second kappa shape index (κ2) is 5.87. The third-order valence-corrected chi connectivity index (χ3v) is 2.92. The van der Waals surface area contributed by atoms with Gasteiger partial charge in [0.2, 0.25) is 5.91 Å². The molecule has 1 aromatic carbocycles. The molecule has 1 aromatic rings. The van der Waals surface area contributed by atoms with E-state index in [1.807, 2.05) is 19.1 Å². The maximum atomic E-state index is 11.8. The van der Waals surface area contributed by atoms with Crippen LogP contribution in [0.1, 0.15) is 12.5 Å². The lowest BCUT2D eigenvalue weighted by Crippen LogP contribution is -2.40. The molecule has 0 saturated heterocycles. The predicted molar refractivity (Wildman–Crippen MR) is 66.4 cm³/mol. The van der Waals surface area contributed by atoms with Crippen LogP contribution in [0.2, 0.25) is 5.02 Å². The molecule has 0 fully saturated rings. The number of amides is 1. The molecule has 4 heteroatoms. The number of nitrogens with two attached hydrogens (primary N) is 1. The van der Waals surface area contributed by atoms with E-state index in [-0.39, 0.29) is 11.9 Å². The van der Waals surface area contributed by atoms with Crippen molar-refractivity contribution < 1.29 is 4.79 Å². The van der Waals surface area contributed by atoms with Gasteiger partial charge in [-0.1, -0.05) is 23.7 Å². The Labute approximate surface area is 101 Å². The number of hydrogen-bond acceptors (Lipinski definition) is 2. The van der Waals surface area contributed by atoms with Crippen LogP contribution in [-0.4, -0.2) is 30.4 Å². The third kappa shape index (κ3) is 3.51. The van der Waals surface area contributed by atoms with Crippen molar-refractivity contribution in [3.63, 3.8) is 0 Å². The summed E-state index contributed by atoms with van der Waals surface area (Å²) in [5.74, 6) is 0.0697. The van der Waals surface area contributed by atoms with Gasteiger partial charge in [0.05, 0.1) is 6.42 Å². The second-order valence-corrected chi connectivity index (χ2v) is 4.33. The molecule has 1 atom stereocenters. The van der Waals surface area contributed by atoms with E-state index >= 15 is 0 Å². The van der Waals surface area contributed by atoms with Gasteiger partial charge in [0.1, 0.15) is 0 Å². The van der Waals surface area contributed by atoms with Crippen molar-refractivity contribution >= 4 is 17.5 Å². The van der Waals surface area contributed by atoms with Crippen LogP contribution < -0.4 is 5.73 Å². The van der Waals surface area contributed by atoms with E-state index < -0.39 is 0 Å². The summed E-state index contributed by atoms with van der Waals surface area (Å²) in [6.07, 6.45) is 0.387. The quantitative estimate of drug-likeness (QED) is 0.871. The number of benzene rings is 1. The van der Waals surface area contributed by atoms with Crippen LogP contribution in [-0.2, 0) is 11.2 Å². The summed E-state index contributed by atoms with van der Waals surface area (Å²) in [6, 6.07) is 7.37. The molecule has 0 aliphatic heterocycles. The summed E-state index contributed by atoms with van der Waals surface area (Å²) < 4.78 is 0. The van der Waals surface area contributed by atoms with E-state index in [0.29, 0.717) is 18.0 Å². The first-order valence-electron chi connectivity index (χ1n) is 5.24. The fourth-order valence-electron chi connectivity index (χ4n) is 1.31. The van der Waals surface area contributed by atoms with E-state index in [0.717, 1.165) is 5.56 Å². The molecule has 0 aromatic heterocycles. The summed E-state index contributed by atoms with van der Waals surface area (Å²) in [5.41, 5.74) is 6.48. The Bertz CT molecular complexity index is 351. The highest BCUT2D eigenvalue weighted by molar-refractivity contribution is 6.30. The molecule has 3 nitrogen and oxygen atoms in total. The van der Waals surface area contributed by atoms with E-state index in [9.17, 15) is 4.79 Å². The van der Waals surface area contributed by atoms with Crippen LogP contribution in [0.3, 0.4) is 0 Å². The fraction of sp³-hybridized carbons (Fsp3) is 0.417. The molecule has 0 spiro atoms. The number of likely N-dealkylation sites (N-methyl/N-ethyl adjacent to an activating group) is 1. The van der Waals surface area contributed by atoms with Crippen molar-refractivity contribution in [3.8, 4) is 0 Å². The van der Waals surface area contributed by atoms with Crippen LogP contribution in [0.15, 0.2) is 24.3 Å². The van der Waals surface area contributed by atoms with Gasteiger partial charge in [0.25, 0.3) is 0 Å². The largest absolute Gasteiger partial charge is 0.341 e. The highest BCUT2D eigenvalue weighted by Crippen LogP contribution is 2.11. The van der Waals surface area contributed by atoms with Crippen molar-refractivity contribution in [1.29, 1.82) is 0 Å². The van der Waals surface area contributed by atoms with E-state index in [1.165, 1.54) is 0 Å². The van der Waals surface area contributed by atoms with Gasteiger partial charge in [-0.3, -0.25) is 4.79 Å². The monoisotopic (exact) mass is 240 g/mol. The number of halogens is 1. The molecule has 2 N–H and O–H groups in total. The smallest absolute Gasteiger partial charge is 0.227 e. The number of carbonyl (C=O) groups is 1. The van der Waals surface area contributed by atoms with E-state index in [4.69, 9.17) is 17.3 Å². The van der Waals surface area contributed by atoms with Gasteiger partial charge in [-0.15, -0.1) is 0 Å². The number of carbonyl (C=O) groups excluding carboxylic acids is 1. The minimum Gasteiger partial charge on any atom is -0.341 e. The van der Waals surface area contributed by atoms with Gasteiger partial charge < -0.3 is 10.6 Å². The van der Waals surface area contributed by atoms with Gasteiger partial charge in [-0.25, -0.2) is 0 Å². The zero-order chi connectivity index (χ0) is 12.1. The molecule has 0 bridgehead atoms. The molecule has 0 heterocycles. The maximum Gasteiger partial charge on any atom is 0.227 e. The Kier molecular flexibility index (Phi) is 4.77. The van der Waals surface area contributed by atoms with Crippen molar-refractivity contribution in [2.45, 2.75) is 19.4 Å². The highest BCUT2D eigenvalue weighted by atomic mass is 35.5. The number of hydrogen-bond donors (Lipinski definition) is 1. The van der Waals surface area contributed by atoms with Crippen molar-refractivity contribution in [3.05, 3.63) is 34.9 Å². The topological polar surface area (TPSA) is 46.3 Å². The van der Waals surface area contributed by atoms with Gasteiger partial charge in [-0.2, -0.15) is 0 Å². The lowest BCUT2D eigenvalue weighted by Gasteiger charge is -2.23. The average Bonchev–Trinajstić information content (AvgIpc) is 2.30. The Morgan fingerprint density at radius 2 is 2.00 bits per heavy atom. The van der Waals surface area contributed by atoms with Crippen LogP contribution in [0, 0.1) is 0 Å². The highest BCUT2D eigenvalue weighted by Gasteiger charge is 2.14. The third-order valence-electron chi connectivity index (χ3n) is 2.66. The Balaban J connectivity index is 2.60. The summed E-state index contributed by atoms with van der Waals surface area (Å²) in [6.45, 7) is 2.41. The molecule has 0 aliphatic rings. The van der Waals surface area contributed by atoms with Crippen LogP contribution in [0.4, 0.5) is 0 Å². The fourth-order valence-corrected chi connectivity index (χ4v) is 1.43. The second-order valence-electron chi connectivity index (χ2n) is 3.89. The molecule has 0 radical (unpaired) electrons. The molecule has 16 heavy (non-hydrogen) atoms. The zero-order valence-electron chi connectivity index (χ0n) is 9.61. The van der Waals surface area contributed by atoms with Crippen LogP contribution in [0.25, 0.3) is 0 Å². The first-order valence-corrected chi connectivity index (χ1v) is 5.62. The molecular weight excluding hydrogens is 224 g/mol. The first kappa shape index (κ1) is 13.0. The molecule has 88 valence electrons. The molecule has 1 rings (SSSR count). The number of rotatable bonds is 4. The lowest BCUT2D eigenvalue weighted by molar-refractivity contribution is -0.130. The Hall–Kier alpha value is -1.06. The molecule has 0 aliphatic carbocycles. The first-order chi connectivity index (χ1) is 7.54. The van der Waals surface area contributed by atoms with Crippen molar-refractivity contribution in [2.75, 3.05) is 13.6 Å². The van der Waals surface area contributed by atoms with Gasteiger partial charge in [0, 0.05) is 24.7 Å². The zero-order valence-corrected chi connectivity index (χ0v) is 10.4. The number of nitrogens with zero attached hydrogens (tertiary/aromatic N) is 1. The summed E-state index contributed by atoms with van der Waals surface area (Å²) >= 11 is 5.77. The molecule has 0 saturated carbocycles. The van der Waals surface area contributed by atoms with Crippen molar-refractivity contribution in [1.82, 2.24) is 4.90 Å². The summed E-state index contributed by atoms with van der Waals surface area (Å²) in [4.78, 5) is 13.5. The SMILES string of the molecule is CC(CN)N(C)C(=O)Cc1ccc(Cl)cc1. The minimum absolute atomic E-state index is 0.0693. The van der Waals surface area contributed by atoms with Gasteiger partial charge in [-0.05, 0) is 24.6 Å². The standard InChI is InChI=1S/C12H17ClN2O/c1-9(8-14)15(2)12(16)7-10-3-5-11(13)6-4-10/h3-6,9H,7-8,14H2,1-2H3. The minimum atomic E-state index is 0.0693. The Morgan fingerprint density at radius 3 is 2.50 bits per heavy atom. The van der Waals surface area contributed by atoms with Gasteiger partial charge in [0.15, 0.2) is 0 Å². The molecule has 1 unspecified atom stereocenters. The lowest BCUT2D eigenvalue weighted by atomic mass is 10.1. The van der Waals surface area contributed by atoms with Gasteiger partial charge >= 0.3 is 0 Å². The van der Waals surface area contributed by atoms with E-state index in [2.05, 4.69) is 0 Å².